The summed E-state index contributed by atoms with van der Waals surface area (Å²) in [5.41, 5.74) is 5.93. The maximum atomic E-state index is 12.3. The van der Waals surface area contributed by atoms with E-state index in [2.05, 4.69) is 10.9 Å². The fourth-order valence-corrected chi connectivity index (χ4v) is 3.90. The normalized spacial score (nSPS) is 10.8. The quantitative estimate of drug-likeness (QED) is 0.541. The Morgan fingerprint density at radius 1 is 0.808 bits per heavy atom. The molecule has 26 heavy (non-hydrogen) atoms. The minimum absolute atomic E-state index is 0.202. The number of rotatable bonds is 3. The molecule has 0 atom stereocenters. The topological polar surface area (TPSA) is 58.2 Å². The lowest BCUT2D eigenvalue weighted by atomic mass is 10.0. The lowest BCUT2D eigenvalue weighted by Gasteiger charge is -2.08. The summed E-state index contributed by atoms with van der Waals surface area (Å²) in [6.45, 7) is 0. The van der Waals surface area contributed by atoms with Gasteiger partial charge in [-0.3, -0.25) is 20.4 Å². The molecule has 5 heteroatoms. The Morgan fingerprint density at radius 2 is 1.54 bits per heavy atom. The Hall–Kier alpha value is -3.18. The van der Waals surface area contributed by atoms with Gasteiger partial charge in [0.05, 0.1) is 11.3 Å². The average Bonchev–Trinajstić information content (AvgIpc) is 3.11. The number of nitrogens with one attached hydrogen (secondary N) is 2. The van der Waals surface area contributed by atoms with Gasteiger partial charge in [-0.1, -0.05) is 60.7 Å². The summed E-state index contributed by atoms with van der Waals surface area (Å²) in [5.74, 6) is -0.562. The number of benzene rings is 3. The van der Waals surface area contributed by atoms with Gasteiger partial charge in [0.2, 0.25) is 5.91 Å². The van der Waals surface area contributed by atoms with Gasteiger partial charge in [-0.2, -0.15) is 0 Å². The van der Waals surface area contributed by atoms with E-state index in [-0.39, 0.29) is 18.2 Å². The van der Waals surface area contributed by atoms with Gasteiger partial charge in [-0.15, -0.1) is 11.3 Å². The molecular formula is C21H16N2O2S. The number of hydrazine groups is 1. The lowest BCUT2D eigenvalue weighted by Crippen LogP contribution is -2.42. The highest BCUT2D eigenvalue weighted by Gasteiger charge is 2.12. The molecule has 0 spiro atoms. The van der Waals surface area contributed by atoms with Crippen molar-refractivity contribution < 1.29 is 9.59 Å². The third-order valence-corrected chi connectivity index (χ3v) is 5.31. The fourth-order valence-electron chi connectivity index (χ4n) is 2.95. The zero-order valence-electron chi connectivity index (χ0n) is 13.9. The predicted molar refractivity (Wildman–Crippen MR) is 105 cm³/mol. The molecular weight excluding hydrogens is 344 g/mol. The second kappa shape index (κ2) is 6.98. The zero-order chi connectivity index (χ0) is 17.9. The highest BCUT2D eigenvalue weighted by molar-refractivity contribution is 7.20. The van der Waals surface area contributed by atoms with Crippen LogP contribution < -0.4 is 10.9 Å². The molecule has 1 aromatic heterocycles. The molecule has 0 saturated carbocycles. The molecule has 4 rings (SSSR count). The van der Waals surface area contributed by atoms with Crippen LogP contribution in [-0.2, 0) is 11.2 Å². The number of amides is 2. The summed E-state index contributed by atoms with van der Waals surface area (Å²) in [4.78, 5) is 25.1. The van der Waals surface area contributed by atoms with Crippen LogP contribution in [-0.4, -0.2) is 11.8 Å². The molecule has 0 aliphatic carbocycles. The van der Waals surface area contributed by atoms with E-state index in [9.17, 15) is 9.59 Å². The van der Waals surface area contributed by atoms with Gasteiger partial charge in [0.1, 0.15) is 0 Å². The van der Waals surface area contributed by atoms with Crippen molar-refractivity contribution in [2.24, 2.45) is 0 Å². The Kier molecular flexibility index (Phi) is 4.37. The van der Waals surface area contributed by atoms with Crippen LogP contribution in [0.4, 0.5) is 0 Å². The maximum Gasteiger partial charge on any atom is 0.279 e. The number of carbonyl (C=O) groups is 2. The second-order valence-corrected chi connectivity index (χ2v) is 7.05. The van der Waals surface area contributed by atoms with Crippen LogP contribution in [0.15, 0.2) is 72.8 Å². The van der Waals surface area contributed by atoms with Gasteiger partial charge < -0.3 is 0 Å². The van der Waals surface area contributed by atoms with E-state index in [1.165, 1.54) is 11.3 Å². The largest absolute Gasteiger partial charge is 0.279 e. The van der Waals surface area contributed by atoms with Crippen LogP contribution in [0.1, 0.15) is 15.2 Å². The molecule has 0 aliphatic heterocycles. The smallest absolute Gasteiger partial charge is 0.273 e. The Bertz CT molecular complexity index is 1080. The van der Waals surface area contributed by atoms with E-state index in [0.29, 0.717) is 4.88 Å². The molecule has 0 unspecified atom stereocenters. The van der Waals surface area contributed by atoms with Gasteiger partial charge in [0.15, 0.2) is 0 Å². The van der Waals surface area contributed by atoms with Crippen LogP contribution in [0.3, 0.4) is 0 Å². The third kappa shape index (κ3) is 3.30. The van der Waals surface area contributed by atoms with Crippen molar-refractivity contribution in [1.82, 2.24) is 10.9 Å². The van der Waals surface area contributed by atoms with Crippen LogP contribution >= 0.6 is 11.3 Å². The standard InChI is InChI=1S/C21H16N2O2S/c24-20(13-15-9-5-8-14-6-1-3-10-17(14)15)22-23-21(25)19-12-16-7-2-4-11-18(16)26-19/h1-12H,13H2,(H,22,24)(H,23,25). The number of carbonyl (C=O) groups excluding carboxylic acids is 2. The SMILES string of the molecule is O=C(Cc1cccc2ccccc12)NNC(=O)c1cc2ccccc2s1. The van der Waals surface area contributed by atoms with Crippen LogP contribution in [0.25, 0.3) is 20.9 Å². The van der Waals surface area contributed by atoms with E-state index >= 15 is 0 Å². The summed E-state index contributed by atoms with van der Waals surface area (Å²) < 4.78 is 1.04. The molecule has 0 radical (unpaired) electrons. The summed E-state index contributed by atoms with van der Waals surface area (Å²) in [6, 6.07) is 23.4. The van der Waals surface area contributed by atoms with Crippen LogP contribution in [0, 0.1) is 0 Å². The van der Waals surface area contributed by atoms with Crippen LogP contribution in [0.5, 0.6) is 0 Å². The molecule has 2 N–H and O–H groups in total. The molecule has 0 fully saturated rings. The van der Waals surface area contributed by atoms with E-state index in [1.807, 2.05) is 72.8 Å². The molecule has 0 bridgehead atoms. The Morgan fingerprint density at radius 3 is 2.38 bits per heavy atom. The third-order valence-electron chi connectivity index (χ3n) is 4.20. The van der Waals surface area contributed by atoms with Crippen molar-refractivity contribution in [1.29, 1.82) is 0 Å². The predicted octanol–water partition coefficient (Wildman–Crippen LogP) is 4.06. The zero-order valence-corrected chi connectivity index (χ0v) is 14.7. The number of fused-ring (bicyclic) bond motifs is 2. The van der Waals surface area contributed by atoms with Crippen LogP contribution in [0.2, 0.25) is 0 Å². The van der Waals surface area contributed by atoms with Gasteiger partial charge in [0.25, 0.3) is 5.91 Å². The van der Waals surface area contributed by atoms with Crippen molar-refractivity contribution in [2.45, 2.75) is 6.42 Å². The first-order valence-corrected chi connectivity index (χ1v) is 9.07. The van der Waals surface area contributed by atoms with Gasteiger partial charge >= 0.3 is 0 Å². The van der Waals surface area contributed by atoms with Gasteiger partial charge in [0, 0.05) is 4.70 Å². The first-order chi connectivity index (χ1) is 12.7. The number of thiophene rings is 1. The highest BCUT2D eigenvalue weighted by Crippen LogP contribution is 2.25. The second-order valence-electron chi connectivity index (χ2n) is 5.97. The summed E-state index contributed by atoms with van der Waals surface area (Å²) in [7, 11) is 0. The fraction of sp³-hybridized carbons (Fsp3) is 0.0476. The maximum absolute atomic E-state index is 12.3. The molecule has 1 heterocycles. The van der Waals surface area contributed by atoms with Crippen molar-refractivity contribution in [3.8, 4) is 0 Å². The number of hydrogen-bond donors (Lipinski definition) is 2. The molecule has 4 nitrogen and oxygen atoms in total. The van der Waals surface area contributed by atoms with E-state index < -0.39 is 0 Å². The van der Waals surface area contributed by atoms with Crippen molar-refractivity contribution >= 4 is 44.0 Å². The van der Waals surface area contributed by atoms with E-state index in [0.717, 1.165) is 26.4 Å². The highest BCUT2D eigenvalue weighted by atomic mass is 32.1. The van der Waals surface area contributed by atoms with Crippen molar-refractivity contribution in [3.05, 3.63) is 83.2 Å². The minimum Gasteiger partial charge on any atom is -0.273 e. The van der Waals surface area contributed by atoms with E-state index in [4.69, 9.17) is 0 Å². The average molecular weight is 360 g/mol. The first-order valence-electron chi connectivity index (χ1n) is 8.25. The summed E-state index contributed by atoms with van der Waals surface area (Å²) in [6.07, 6.45) is 0.202. The van der Waals surface area contributed by atoms with Gasteiger partial charge in [-0.05, 0) is 33.9 Å². The molecule has 3 aromatic carbocycles. The van der Waals surface area contributed by atoms with Crippen molar-refractivity contribution in [3.63, 3.8) is 0 Å². The monoisotopic (exact) mass is 360 g/mol. The molecule has 0 saturated heterocycles. The first kappa shape index (κ1) is 16.3. The van der Waals surface area contributed by atoms with Gasteiger partial charge in [-0.25, -0.2) is 0 Å². The minimum atomic E-state index is -0.308. The van der Waals surface area contributed by atoms with E-state index in [1.54, 1.807) is 0 Å². The Labute approximate surface area is 154 Å². The summed E-state index contributed by atoms with van der Waals surface area (Å²) >= 11 is 1.40. The molecule has 2 amide bonds. The van der Waals surface area contributed by atoms with Crippen molar-refractivity contribution in [2.75, 3.05) is 0 Å². The lowest BCUT2D eigenvalue weighted by molar-refractivity contribution is -0.121. The number of hydrogen-bond acceptors (Lipinski definition) is 3. The summed E-state index contributed by atoms with van der Waals surface area (Å²) in [5, 5.41) is 3.15. The molecule has 0 aliphatic rings. The molecule has 128 valence electrons. The Balaban J connectivity index is 1.42. The molecule has 4 aromatic rings.